The SMILES string of the molecule is CCC(=O)c1ccccc1OCCC[NH2+]C. The highest BCUT2D eigenvalue weighted by atomic mass is 16.5. The summed E-state index contributed by atoms with van der Waals surface area (Å²) in [7, 11) is 2.04. The van der Waals surface area contributed by atoms with Crippen LogP contribution in [-0.4, -0.2) is 26.0 Å². The molecule has 0 unspecified atom stereocenters. The highest BCUT2D eigenvalue weighted by Gasteiger charge is 2.09. The van der Waals surface area contributed by atoms with E-state index in [9.17, 15) is 4.79 Å². The Bertz CT molecular complexity index is 336. The molecule has 0 saturated carbocycles. The van der Waals surface area contributed by atoms with Gasteiger partial charge in [-0.1, -0.05) is 19.1 Å². The van der Waals surface area contributed by atoms with Crippen molar-refractivity contribution in [3.05, 3.63) is 29.8 Å². The van der Waals surface area contributed by atoms with E-state index in [1.807, 2.05) is 38.2 Å². The topological polar surface area (TPSA) is 42.9 Å². The number of para-hydroxylation sites is 1. The minimum Gasteiger partial charge on any atom is -0.493 e. The molecule has 0 saturated heterocycles. The summed E-state index contributed by atoms with van der Waals surface area (Å²) in [6.07, 6.45) is 1.51. The maximum Gasteiger partial charge on any atom is 0.166 e. The molecule has 0 atom stereocenters. The Morgan fingerprint density at radius 1 is 1.38 bits per heavy atom. The smallest absolute Gasteiger partial charge is 0.166 e. The van der Waals surface area contributed by atoms with Crippen molar-refractivity contribution in [3.8, 4) is 5.75 Å². The summed E-state index contributed by atoms with van der Waals surface area (Å²) in [6.45, 7) is 3.58. The van der Waals surface area contributed by atoms with Crippen molar-refractivity contribution < 1.29 is 14.8 Å². The molecule has 0 spiro atoms. The third-order valence-corrected chi connectivity index (χ3v) is 2.40. The Kier molecular flexibility index (Phi) is 5.57. The number of benzene rings is 1. The lowest BCUT2D eigenvalue weighted by molar-refractivity contribution is -0.627. The number of carbonyl (C=O) groups is 1. The van der Waals surface area contributed by atoms with Crippen LogP contribution in [0, 0.1) is 0 Å². The highest BCUT2D eigenvalue weighted by molar-refractivity contribution is 5.98. The first-order valence-corrected chi connectivity index (χ1v) is 5.82. The number of carbonyl (C=O) groups excluding carboxylic acids is 1. The fraction of sp³-hybridized carbons (Fsp3) is 0.462. The second-order valence-electron chi connectivity index (χ2n) is 3.67. The summed E-state index contributed by atoms with van der Waals surface area (Å²) in [5.41, 5.74) is 0.700. The van der Waals surface area contributed by atoms with E-state index in [4.69, 9.17) is 4.74 Å². The van der Waals surface area contributed by atoms with Crippen molar-refractivity contribution in [1.29, 1.82) is 0 Å². The molecule has 0 bridgehead atoms. The van der Waals surface area contributed by atoms with Crippen LogP contribution < -0.4 is 10.1 Å². The number of ketones is 1. The molecule has 0 aliphatic carbocycles. The number of Topliss-reactive ketones (excluding diaryl/α,β-unsaturated/α-hetero) is 1. The molecule has 1 aromatic rings. The molecule has 3 nitrogen and oxygen atoms in total. The summed E-state index contributed by atoms with van der Waals surface area (Å²) in [4.78, 5) is 11.6. The van der Waals surface area contributed by atoms with E-state index >= 15 is 0 Å². The number of hydrogen-bond acceptors (Lipinski definition) is 2. The van der Waals surface area contributed by atoms with Crippen LogP contribution in [0.25, 0.3) is 0 Å². The maximum absolute atomic E-state index is 11.6. The van der Waals surface area contributed by atoms with E-state index in [1.165, 1.54) is 0 Å². The molecule has 0 aliphatic rings. The van der Waals surface area contributed by atoms with E-state index in [0.29, 0.717) is 24.3 Å². The van der Waals surface area contributed by atoms with Gasteiger partial charge in [-0.15, -0.1) is 0 Å². The maximum atomic E-state index is 11.6. The quantitative estimate of drug-likeness (QED) is 0.557. The highest BCUT2D eigenvalue weighted by Crippen LogP contribution is 2.19. The van der Waals surface area contributed by atoms with Gasteiger partial charge in [-0.05, 0) is 12.1 Å². The third kappa shape index (κ3) is 3.66. The predicted octanol–water partition coefficient (Wildman–Crippen LogP) is 1.24. The Balaban J connectivity index is 2.60. The van der Waals surface area contributed by atoms with Crippen LogP contribution in [0.15, 0.2) is 24.3 Å². The average molecular weight is 222 g/mol. The van der Waals surface area contributed by atoms with Crippen molar-refractivity contribution in [1.82, 2.24) is 0 Å². The second-order valence-corrected chi connectivity index (χ2v) is 3.67. The first-order chi connectivity index (χ1) is 7.79. The molecule has 0 fully saturated rings. The zero-order valence-electron chi connectivity index (χ0n) is 10.0. The van der Waals surface area contributed by atoms with Crippen LogP contribution >= 0.6 is 0 Å². The molecule has 88 valence electrons. The van der Waals surface area contributed by atoms with Crippen molar-refractivity contribution in [2.45, 2.75) is 19.8 Å². The lowest BCUT2D eigenvalue weighted by Gasteiger charge is -2.09. The van der Waals surface area contributed by atoms with E-state index < -0.39 is 0 Å². The number of nitrogens with two attached hydrogens (primary N) is 1. The molecule has 0 amide bonds. The average Bonchev–Trinajstić information content (AvgIpc) is 2.34. The van der Waals surface area contributed by atoms with Crippen LogP contribution in [0.5, 0.6) is 5.75 Å². The van der Waals surface area contributed by atoms with Gasteiger partial charge in [-0.2, -0.15) is 0 Å². The van der Waals surface area contributed by atoms with Crippen molar-refractivity contribution >= 4 is 5.78 Å². The van der Waals surface area contributed by atoms with Gasteiger partial charge in [0.25, 0.3) is 0 Å². The first-order valence-electron chi connectivity index (χ1n) is 5.82. The van der Waals surface area contributed by atoms with Gasteiger partial charge < -0.3 is 10.1 Å². The monoisotopic (exact) mass is 222 g/mol. The summed E-state index contributed by atoms with van der Waals surface area (Å²) in [5, 5.41) is 2.12. The van der Waals surface area contributed by atoms with Crippen LogP contribution in [0.2, 0.25) is 0 Å². The van der Waals surface area contributed by atoms with E-state index in [2.05, 4.69) is 5.32 Å². The Labute approximate surface area is 96.8 Å². The zero-order chi connectivity index (χ0) is 11.8. The standard InChI is InChI=1S/C13H19NO2/c1-3-12(15)11-7-4-5-8-13(11)16-10-6-9-14-2/h4-5,7-8,14H,3,6,9-10H2,1-2H3/p+1. The number of quaternary nitrogens is 1. The summed E-state index contributed by atoms with van der Waals surface area (Å²) >= 11 is 0. The van der Waals surface area contributed by atoms with Gasteiger partial charge in [0.2, 0.25) is 0 Å². The lowest BCUT2D eigenvalue weighted by Crippen LogP contribution is -2.79. The minimum absolute atomic E-state index is 0.137. The molecule has 0 aromatic heterocycles. The molecule has 0 heterocycles. The van der Waals surface area contributed by atoms with Crippen LogP contribution in [0.3, 0.4) is 0 Å². The molecule has 1 rings (SSSR count). The molecule has 1 aromatic carbocycles. The fourth-order valence-corrected chi connectivity index (χ4v) is 1.48. The van der Waals surface area contributed by atoms with Gasteiger partial charge in [0.1, 0.15) is 5.75 Å². The number of ether oxygens (including phenoxy) is 1. The molecule has 0 radical (unpaired) electrons. The first kappa shape index (κ1) is 12.7. The molecule has 2 N–H and O–H groups in total. The van der Waals surface area contributed by atoms with Gasteiger partial charge in [0.15, 0.2) is 5.78 Å². The molecule has 16 heavy (non-hydrogen) atoms. The zero-order valence-corrected chi connectivity index (χ0v) is 10.0. The molecular formula is C13H20NO2+. The molecular weight excluding hydrogens is 202 g/mol. The van der Waals surface area contributed by atoms with Crippen LogP contribution in [0.4, 0.5) is 0 Å². The van der Waals surface area contributed by atoms with Gasteiger partial charge >= 0.3 is 0 Å². The van der Waals surface area contributed by atoms with Gasteiger partial charge in [-0.3, -0.25) is 4.79 Å². The summed E-state index contributed by atoms with van der Waals surface area (Å²) in [6, 6.07) is 7.45. The Morgan fingerprint density at radius 2 is 2.12 bits per heavy atom. The normalized spacial score (nSPS) is 10.1. The summed E-state index contributed by atoms with van der Waals surface area (Å²) in [5.74, 6) is 0.850. The lowest BCUT2D eigenvalue weighted by atomic mass is 10.1. The van der Waals surface area contributed by atoms with Crippen molar-refractivity contribution in [3.63, 3.8) is 0 Å². The predicted molar refractivity (Wildman–Crippen MR) is 63.9 cm³/mol. The van der Waals surface area contributed by atoms with E-state index in [1.54, 1.807) is 0 Å². The largest absolute Gasteiger partial charge is 0.493 e. The van der Waals surface area contributed by atoms with Crippen LogP contribution in [0.1, 0.15) is 30.1 Å². The Hall–Kier alpha value is -1.35. The molecule has 0 aliphatic heterocycles. The van der Waals surface area contributed by atoms with Crippen LogP contribution in [-0.2, 0) is 0 Å². The van der Waals surface area contributed by atoms with E-state index in [-0.39, 0.29) is 5.78 Å². The fourth-order valence-electron chi connectivity index (χ4n) is 1.48. The van der Waals surface area contributed by atoms with Crippen molar-refractivity contribution in [2.24, 2.45) is 0 Å². The van der Waals surface area contributed by atoms with Gasteiger partial charge in [0.05, 0.1) is 25.8 Å². The molecule has 3 heteroatoms. The van der Waals surface area contributed by atoms with E-state index in [0.717, 1.165) is 13.0 Å². The van der Waals surface area contributed by atoms with Gasteiger partial charge in [0, 0.05) is 12.8 Å². The summed E-state index contributed by atoms with van der Waals surface area (Å²) < 4.78 is 5.62. The third-order valence-electron chi connectivity index (χ3n) is 2.40. The van der Waals surface area contributed by atoms with Gasteiger partial charge in [-0.25, -0.2) is 0 Å². The van der Waals surface area contributed by atoms with Crippen molar-refractivity contribution in [2.75, 3.05) is 20.2 Å². The number of rotatable bonds is 7. The minimum atomic E-state index is 0.137. The number of hydrogen-bond donors (Lipinski definition) is 1. The Morgan fingerprint density at radius 3 is 2.81 bits per heavy atom. The second kappa shape index (κ2) is 7.01.